The molecule has 9 heteroatoms. The van der Waals surface area contributed by atoms with E-state index in [1.54, 1.807) is 6.33 Å². The van der Waals surface area contributed by atoms with Crippen LogP contribution in [0, 0.1) is 6.92 Å². The summed E-state index contributed by atoms with van der Waals surface area (Å²) in [6.45, 7) is 8.17. The van der Waals surface area contributed by atoms with Gasteiger partial charge in [-0.25, -0.2) is 17.9 Å². The van der Waals surface area contributed by atoms with Gasteiger partial charge in [-0.15, -0.1) is 0 Å². The van der Waals surface area contributed by atoms with Crippen molar-refractivity contribution in [3.8, 4) is 11.1 Å². The summed E-state index contributed by atoms with van der Waals surface area (Å²) >= 11 is 0. The lowest BCUT2D eigenvalue weighted by molar-refractivity contribution is 0.181. The van der Waals surface area contributed by atoms with Crippen molar-refractivity contribution in [2.24, 2.45) is 0 Å². The molecule has 1 saturated heterocycles. The molecule has 1 aliphatic heterocycles. The van der Waals surface area contributed by atoms with E-state index in [0.717, 1.165) is 60.9 Å². The van der Waals surface area contributed by atoms with Crippen LogP contribution in [-0.2, 0) is 9.84 Å². The summed E-state index contributed by atoms with van der Waals surface area (Å²) < 4.78 is 25.9. The Labute approximate surface area is 218 Å². The number of pyridine rings is 1. The van der Waals surface area contributed by atoms with E-state index in [1.165, 1.54) is 28.5 Å². The molecule has 196 valence electrons. The summed E-state index contributed by atoms with van der Waals surface area (Å²) in [5.41, 5.74) is 7.87. The molecular weight excluding hydrogens is 484 g/mol. The van der Waals surface area contributed by atoms with Crippen molar-refractivity contribution in [3.63, 3.8) is 0 Å². The van der Waals surface area contributed by atoms with Crippen molar-refractivity contribution < 1.29 is 8.42 Å². The molecule has 0 bridgehead atoms. The van der Waals surface area contributed by atoms with Crippen LogP contribution >= 0.6 is 0 Å². The summed E-state index contributed by atoms with van der Waals surface area (Å²) in [6.07, 6.45) is 10.2. The predicted octanol–water partition coefficient (Wildman–Crippen LogP) is 4.85. The first-order chi connectivity index (χ1) is 17.7. The number of nitrogens with zero attached hydrogens (tertiary/aromatic N) is 5. The number of rotatable bonds is 5. The molecule has 1 N–H and O–H groups in total. The molecule has 1 unspecified atom stereocenters. The molecule has 37 heavy (non-hydrogen) atoms. The monoisotopic (exact) mass is 520 g/mol. The minimum Gasteiger partial charge on any atom is -0.299 e. The third-order valence-electron chi connectivity index (χ3n) is 8.65. The molecule has 1 saturated carbocycles. The van der Waals surface area contributed by atoms with Crippen LogP contribution in [0.1, 0.15) is 74.6 Å². The van der Waals surface area contributed by atoms with Crippen LogP contribution in [0.25, 0.3) is 27.7 Å². The van der Waals surface area contributed by atoms with Gasteiger partial charge in [0, 0.05) is 47.6 Å². The number of aryl methyl sites for hydroxylation is 1. The van der Waals surface area contributed by atoms with Crippen molar-refractivity contribution in [1.82, 2.24) is 29.7 Å². The lowest BCUT2D eigenvalue weighted by Crippen LogP contribution is -2.37. The maximum Gasteiger partial charge on any atom is 0.158 e. The zero-order valence-electron chi connectivity index (χ0n) is 22.1. The number of aromatic amines is 1. The molecule has 0 spiro atoms. The van der Waals surface area contributed by atoms with E-state index < -0.39 is 9.84 Å². The molecule has 2 fully saturated rings. The highest BCUT2D eigenvalue weighted by Gasteiger charge is 2.36. The number of nitrogens with one attached hydrogen (secondary N) is 1. The molecule has 1 aliphatic carbocycles. The van der Waals surface area contributed by atoms with E-state index >= 15 is 0 Å². The zero-order valence-corrected chi connectivity index (χ0v) is 22.9. The number of hydrogen-bond acceptors (Lipinski definition) is 6. The Balaban J connectivity index is 1.26. The van der Waals surface area contributed by atoms with Crippen LogP contribution in [0.5, 0.6) is 0 Å². The molecule has 4 aromatic rings. The number of hydrogen-bond donors (Lipinski definition) is 1. The van der Waals surface area contributed by atoms with Gasteiger partial charge in [-0.05, 0) is 86.4 Å². The highest BCUT2D eigenvalue weighted by Crippen LogP contribution is 2.40. The molecule has 0 amide bonds. The summed E-state index contributed by atoms with van der Waals surface area (Å²) in [5, 5.41) is 13.6. The highest BCUT2D eigenvalue weighted by atomic mass is 32.2. The van der Waals surface area contributed by atoms with Gasteiger partial charge in [-0.2, -0.15) is 10.2 Å². The largest absolute Gasteiger partial charge is 0.299 e. The summed E-state index contributed by atoms with van der Waals surface area (Å²) in [6, 6.07) is 7.25. The van der Waals surface area contributed by atoms with Gasteiger partial charge >= 0.3 is 0 Å². The van der Waals surface area contributed by atoms with Gasteiger partial charge in [-0.3, -0.25) is 10.00 Å². The molecule has 1 aromatic carbocycles. The normalized spacial score (nSPS) is 23.5. The van der Waals surface area contributed by atoms with Crippen LogP contribution in [0.2, 0.25) is 0 Å². The van der Waals surface area contributed by atoms with Gasteiger partial charge in [0.1, 0.15) is 6.33 Å². The van der Waals surface area contributed by atoms with E-state index in [9.17, 15) is 8.42 Å². The smallest absolute Gasteiger partial charge is 0.158 e. The van der Waals surface area contributed by atoms with Gasteiger partial charge < -0.3 is 0 Å². The fourth-order valence-corrected chi connectivity index (χ4v) is 7.53. The minimum absolute atomic E-state index is 0.195. The second kappa shape index (κ2) is 9.20. The quantitative estimate of drug-likeness (QED) is 0.404. The van der Waals surface area contributed by atoms with Gasteiger partial charge in [0.25, 0.3) is 0 Å². The Kier molecular flexibility index (Phi) is 6.11. The van der Waals surface area contributed by atoms with E-state index in [-0.39, 0.29) is 5.25 Å². The third kappa shape index (κ3) is 4.46. The second-order valence-electron chi connectivity index (χ2n) is 11.4. The molecule has 2 aliphatic rings. The van der Waals surface area contributed by atoms with Gasteiger partial charge in [0.15, 0.2) is 15.5 Å². The van der Waals surface area contributed by atoms with Crippen LogP contribution < -0.4 is 0 Å². The topological polar surface area (TPSA) is 96.2 Å². The first kappa shape index (κ1) is 24.6. The number of benzene rings is 1. The Morgan fingerprint density at radius 3 is 2.57 bits per heavy atom. The lowest BCUT2D eigenvalue weighted by atomic mass is 9.82. The predicted molar refractivity (Wildman–Crippen MR) is 147 cm³/mol. The molecule has 0 radical (unpaired) electrons. The molecule has 3 aromatic heterocycles. The van der Waals surface area contributed by atoms with Crippen molar-refractivity contribution >= 4 is 26.4 Å². The van der Waals surface area contributed by atoms with E-state index in [1.807, 2.05) is 4.52 Å². The van der Waals surface area contributed by atoms with Crippen LogP contribution in [-0.4, -0.2) is 68.8 Å². The van der Waals surface area contributed by atoms with Crippen molar-refractivity contribution in [2.45, 2.75) is 76.0 Å². The average molecular weight is 521 g/mol. The standard InChI is InChI=1S/C28H36N6O2S/c1-17(2)23-12-25-26(13-24(23)20-11-18(3)28-29-16-30-34(28)14-20)31-32-27(25)19-5-7-21(8-6-19)33-10-9-22(15-33)37(4,35)36/h11-14,16-17,19,21-22H,5-10,15H2,1-4H3,(H,31,32). The average Bonchev–Trinajstić information content (AvgIpc) is 3.62. The first-order valence-electron chi connectivity index (χ1n) is 13.4. The van der Waals surface area contributed by atoms with Gasteiger partial charge in [-0.1, -0.05) is 13.8 Å². The highest BCUT2D eigenvalue weighted by molar-refractivity contribution is 7.91. The zero-order chi connectivity index (χ0) is 25.9. The lowest BCUT2D eigenvalue weighted by Gasteiger charge is -2.34. The fraction of sp³-hybridized carbons (Fsp3) is 0.536. The fourth-order valence-electron chi connectivity index (χ4n) is 6.54. The molecule has 1 atom stereocenters. The Morgan fingerprint density at radius 1 is 1.08 bits per heavy atom. The molecule has 4 heterocycles. The first-order valence-corrected chi connectivity index (χ1v) is 15.4. The van der Waals surface area contributed by atoms with Gasteiger partial charge in [0.05, 0.1) is 10.8 Å². The molecule has 8 nitrogen and oxygen atoms in total. The molecular formula is C28H36N6O2S. The maximum absolute atomic E-state index is 12.0. The number of H-pyrrole nitrogens is 1. The van der Waals surface area contributed by atoms with E-state index in [0.29, 0.717) is 24.4 Å². The number of sulfone groups is 1. The van der Waals surface area contributed by atoms with Crippen LogP contribution in [0.15, 0.2) is 30.7 Å². The summed E-state index contributed by atoms with van der Waals surface area (Å²) in [5.74, 6) is 0.816. The van der Waals surface area contributed by atoms with Crippen molar-refractivity contribution in [3.05, 3.63) is 47.5 Å². The van der Waals surface area contributed by atoms with Crippen LogP contribution in [0.4, 0.5) is 0 Å². The number of likely N-dealkylation sites (tertiary alicyclic amines) is 1. The maximum atomic E-state index is 12.0. The number of aromatic nitrogens is 5. The van der Waals surface area contributed by atoms with Crippen molar-refractivity contribution in [2.75, 3.05) is 19.3 Å². The second-order valence-corrected chi connectivity index (χ2v) is 13.8. The van der Waals surface area contributed by atoms with E-state index in [4.69, 9.17) is 5.10 Å². The molecule has 6 rings (SSSR count). The minimum atomic E-state index is -2.95. The number of fused-ring (bicyclic) bond motifs is 2. The Hall–Kier alpha value is -2.78. The van der Waals surface area contributed by atoms with E-state index in [2.05, 4.69) is 65.2 Å². The van der Waals surface area contributed by atoms with Crippen LogP contribution in [0.3, 0.4) is 0 Å². The summed E-state index contributed by atoms with van der Waals surface area (Å²) in [4.78, 5) is 6.79. The summed E-state index contributed by atoms with van der Waals surface area (Å²) in [7, 11) is -2.95. The Morgan fingerprint density at radius 2 is 1.86 bits per heavy atom. The third-order valence-corrected chi connectivity index (χ3v) is 10.2. The van der Waals surface area contributed by atoms with Crippen molar-refractivity contribution in [1.29, 1.82) is 0 Å². The Bertz CT molecular complexity index is 1560. The van der Waals surface area contributed by atoms with Gasteiger partial charge in [0.2, 0.25) is 0 Å². The SMILES string of the molecule is Cc1cc(-c2cc3n[nH]c(C4CCC(N5CCC(S(C)(=O)=O)C5)CC4)c3cc2C(C)C)cn2ncnc12.